The van der Waals surface area contributed by atoms with Crippen LogP contribution in [0.3, 0.4) is 0 Å². The molecule has 1 aliphatic rings. The molecule has 1 amide bonds. The van der Waals surface area contributed by atoms with Gasteiger partial charge in [0.15, 0.2) is 17.1 Å². The summed E-state index contributed by atoms with van der Waals surface area (Å²) in [6.45, 7) is 2.20. The molecule has 1 aliphatic heterocycles. The topological polar surface area (TPSA) is 126 Å². The Morgan fingerprint density at radius 1 is 1.08 bits per heavy atom. The van der Waals surface area contributed by atoms with Gasteiger partial charge in [-0.25, -0.2) is 13.9 Å². The first-order valence-corrected chi connectivity index (χ1v) is 11.2. The molecule has 0 fully saturated rings. The lowest BCUT2D eigenvalue weighted by atomic mass is 10.1. The Labute approximate surface area is 203 Å². The van der Waals surface area contributed by atoms with Crippen molar-refractivity contribution < 1.29 is 18.8 Å². The maximum atomic E-state index is 12.9. The van der Waals surface area contributed by atoms with Crippen molar-refractivity contribution in [3.05, 3.63) is 82.4 Å². The monoisotopic (exact) mass is 484 g/mol. The number of nitrogens with zero attached hydrogens (tertiary/aromatic N) is 5. The van der Waals surface area contributed by atoms with E-state index in [1.165, 1.54) is 4.40 Å². The number of amides is 1. The Kier molecular flexibility index (Phi) is 5.21. The van der Waals surface area contributed by atoms with Gasteiger partial charge in [-0.05, 0) is 36.8 Å². The number of pyridine rings is 1. The average Bonchev–Trinajstić information content (AvgIpc) is 3.63. The first-order valence-electron chi connectivity index (χ1n) is 11.2. The highest BCUT2D eigenvalue weighted by Crippen LogP contribution is 2.32. The van der Waals surface area contributed by atoms with E-state index < -0.39 is 5.69 Å². The van der Waals surface area contributed by atoms with Crippen LogP contribution >= 0.6 is 0 Å². The van der Waals surface area contributed by atoms with Gasteiger partial charge in [-0.3, -0.25) is 4.79 Å². The maximum absolute atomic E-state index is 12.9. The number of hydrogen-bond acceptors (Lipinski definition) is 8. The van der Waals surface area contributed by atoms with Crippen LogP contribution < -0.4 is 20.5 Å². The number of hydrogen-bond donors (Lipinski definition) is 1. The van der Waals surface area contributed by atoms with Gasteiger partial charge in [-0.1, -0.05) is 41.1 Å². The van der Waals surface area contributed by atoms with E-state index in [2.05, 4.69) is 20.6 Å². The van der Waals surface area contributed by atoms with Gasteiger partial charge in [-0.15, -0.1) is 5.10 Å². The first kappa shape index (κ1) is 21.6. The van der Waals surface area contributed by atoms with E-state index in [4.69, 9.17) is 14.0 Å². The zero-order valence-electron chi connectivity index (χ0n) is 19.2. The van der Waals surface area contributed by atoms with Crippen LogP contribution in [0.25, 0.3) is 28.5 Å². The van der Waals surface area contributed by atoms with Gasteiger partial charge in [0.05, 0.1) is 5.56 Å². The molecular formula is C25H20N6O5. The lowest BCUT2D eigenvalue weighted by Crippen LogP contribution is -2.32. The van der Waals surface area contributed by atoms with Crippen molar-refractivity contribution in [1.29, 1.82) is 0 Å². The van der Waals surface area contributed by atoms with E-state index in [0.29, 0.717) is 28.5 Å². The Balaban J connectivity index is 1.22. The molecule has 1 N–H and O–H groups in total. The van der Waals surface area contributed by atoms with Gasteiger partial charge in [0.1, 0.15) is 6.54 Å². The summed E-state index contributed by atoms with van der Waals surface area (Å²) >= 11 is 0. The van der Waals surface area contributed by atoms with Gasteiger partial charge in [-0.2, -0.15) is 4.98 Å². The molecule has 0 bridgehead atoms. The molecule has 6 rings (SSSR count). The smallest absolute Gasteiger partial charge is 0.350 e. The molecule has 0 aliphatic carbocycles. The van der Waals surface area contributed by atoms with Gasteiger partial charge in [0.2, 0.25) is 18.5 Å². The van der Waals surface area contributed by atoms with E-state index in [1.54, 1.807) is 30.5 Å². The van der Waals surface area contributed by atoms with E-state index in [9.17, 15) is 9.59 Å². The van der Waals surface area contributed by atoms with Gasteiger partial charge in [0, 0.05) is 18.3 Å². The average molecular weight is 484 g/mol. The van der Waals surface area contributed by atoms with Crippen LogP contribution in [-0.4, -0.2) is 37.0 Å². The normalized spacial score (nSPS) is 12.2. The number of aromatic nitrogens is 5. The Morgan fingerprint density at radius 2 is 1.92 bits per heavy atom. The molecule has 0 saturated carbocycles. The molecule has 0 radical (unpaired) electrons. The van der Waals surface area contributed by atoms with Crippen LogP contribution in [0.4, 0.5) is 0 Å². The Bertz CT molecular complexity index is 1650. The van der Waals surface area contributed by atoms with E-state index in [1.807, 2.05) is 37.3 Å². The molecule has 4 heterocycles. The summed E-state index contributed by atoms with van der Waals surface area (Å²) in [5, 5.41) is 11.2. The summed E-state index contributed by atoms with van der Waals surface area (Å²) in [4.78, 5) is 29.9. The van der Waals surface area contributed by atoms with Crippen LogP contribution in [0.15, 0.2) is 70.1 Å². The lowest BCUT2D eigenvalue weighted by molar-refractivity contribution is -0.122. The molecule has 2 aromatic carbocycles. The third kappa shape index (κ3) is 3.96. The molecule has 0 saturated heterocycles. The summed E-state index contributed by atoms with van der Waals surface area (Å²) < 4.78 is 18.6. The van der Waals surface area contributed by atoms with Crippen LogP contribution in [0.1, 0.15) is 11.1 Å². The summed E-state index contributed by atoms with van der Waals surface area (Å²) in [6, 6.07) is 16.6. The van der Waals surface area contributed by atoms with Crippen LogP contribution in [0, 0.1) is 6.92 Å². The minimum absolute atomic E-state index is 0.181. The molecule has 11 heteroatoms. The van der Waals surface area contributed by atoms with Crippen molar-refractivity contribution in [2.75, 3.05) is 6.79 Å². The first-order chi connectivity index (χ1) is 17.5. The predicted octanol–water partition coefficient (Wildman–Crippen LogP) is 2.57. The van der Waals surface area contributed by atoms with E-state index >= 15 is 0 Å². The van der Waals surface area contributed by atoms with Gasteiger partial charge >= 0.3 is 5.69 Å². The number of nitrogens with one attached hydrogen (secondary N) is 1. The molecular weight excluding hydrogens is 464 g/mol. The van der Waals surface area contributed by atoms with Crippen LogP contribution in [-0.2, 0) is 17.9 Å². The zero-order chi connectivity index (χ0) is 24.6. The summed E-state index contributed by atoms with van der Waals surface area (Å²) in [5.41, 5.74) is 3.12. The SMILES string of the molecule is Cc1ccc(-c2noc(-c3cccn4c(=O)n(CC(=O)NCc5ccc6c(c5)OCO6)nc34)n2)cc1. The number of fused-ring (bicyclic) bond motifs is 2. The van der Waals surface area contributed by atoms with Crippen molar-refractivity contribution in [2.45, 2.75) is 20.0 Å². The second kappa shape index (κ2) is 8.69. The molecule has 0 unspecified atom stereocenters. The largest absolute Gasteiger partial charge is 0.454 e. The van der Waals surface area contributed by atoms with Crippen molar-refractivity contribution in [3.8, 4) is 34.3 Å². The van der Waals surface area contributed by atoms with Crippen molar-refractivity contribution in [1.82, 2.24) is 29.6 Å². The third-order valence-corrected chi connectivity index (χ3v) is 5.80. The third-order valence-electron chi connectivity index (χ3n) is 5.80. The summed E-state index contributed by atoms with van der Waals surface area (Å²) in [6.07, 6.45) is 1.58. The number of carbonyl (C=O) groups excluding carboxylic acids is 1. The quantitative estimate of drug-likeness (QED) is 0.390. The molecule has 36 heavy (non-hydrogen) atoms. The second-order valence-electron chi connectivity index (χ2n) is 8.31. The molecule has 11 nitrogen and oxygen atoms in total. The fraction of sp³-hybridized carbons (Fsp3) is 0.160. The van der Waals surface area contributed by atoms with Gasteiger partial charge < -0.3 is 19.3 Å². The molecule has 5 aromatic rings. The Hall–Kier alpha value is -4.93. The van der Waals surface area contributed by atoms with Crippen molar-refractivity contribution >= 4 is 11.6 Å². The highest BCUT2D eigenvalue weighted by Gasteiger charge is 2.19. The number of benzene rings is 2. The van der Waals surface area contributed by atoms with E-state index in [-0.39, 0.29) is 31.7 Å². The molecule has 3 aromatic heterocycles. The number of carbonyl (C=O) groups is 1. The second-order valence-corrected chi connectivity index (χ2v) is 8.31. The number of rotatable bonds is 6. The van der Waals surface area contributed by atoms with Crippen molar-refractivity contribution in [2.24, 2.45) is 0 Å². The van der Waals surface area contributed by atoms with Crippen LogP contribution in [0.5, 0.6) is 11.5 Å². The fourth-order valence-electron chi connectivity index (χ4n) is 3.90. The highest BCUT2D eigenvalue weighted by atomic mass is 16.7. The molecule has 0 spiro atoms. The summed E-state index contributed by atoms with van der Waals surface area (Å²) in [5.74, 6) is 1.60. The summed E-state index contributed by atoms with van der Waals surface area (Å²) in [7, 11) is 0. The van der Waals surface area contributed by atoms with E-state index in [0.717, 1.165) is 21.4 Å². The lowest BCUT2D eigenvalue weighted by Gasteiger charge is -2.06. The molecule has 0 atom stereocenters. The van der Waals surface area contributed by atoms with Crippen LogP contribution in [0.2, 0.25) is 0 Å². The Morgan fingerprint density at radius 3 is 2.78 bits per heavy atom. The standard InChI is InChI=1S/C25H20N6O5/c1-15-4-7-17(8-5-15)22-27-24(36-29-22)18-3-2-10-30-23(18)28-31(25(30)33)13-21(32)26-12-16-6-9-19-20(11-16)35-14-34-19/h2-11H,12-14H2,1H3,(H,26,32). The number of aryl methyl sites for hydroxylation is 1. The molecule has 180 valence electrons. The minimum atomic E-state index is -0.455. The highest BCUT2D eigenvalue weighted by molar-refractivity contribution is 5.76. The zero-order valence-corrected chi connectivity index (χ0v) is 19.2. The van der Waals surface area contributed by atoms with Crippen molar-refractivity contribution in [3.63, 3.8) is 0 Å². The fourth-order valence-corrected chi connectivity index (χ4v) is 3.90. The maximum Gasteiger partial charge on any atom is 0.350 e. The van der Waals surface area contributed by atoms with Gasteiger partial charge in [0.25, 0.3) is 5.89 Å². The minimum Gasteiger partial charge on any atom is -0.454 e. The number of ether oxygens (including phenoxy) is 2. The predicted molar refractivity (Wildman–Crippen MR) is 127 cm³/mol.